The molecule has 19 heavy (non-hydrogen) atoms. The Morgan fingerprint density at radius 2 is 2.37 bits per heavy atom. The van der Waals surface area contributed by atoms with E-state index in [0.29, 0.717) is 11.5 Å². The number of nitrogens with one attached hydrogen (secondary N) is 1. The lowest BCUT2D eigenvalue weighted by molar-refractivity contribution is 0.119. The molecule has 108 valence electrons. The molecule has 0 radical (unpaired) electrons. The van der Waals surface area contributed by atoms with Gasteiger partial charge >= 0.3 is 0 Å². The van der Waals surface area contributed by atoms with Crippen LogP contribution in [0.3, 0.4) is 0 Å². The maximum absolute atomic E-state index is 4.29. The lowest BCUT2D eigenvalue weighted by Gasteiger charge is -2.37. The summed E-state index contributed by atoms with van der Waals surface area (Å²) in [6.45, 7) is 8.32. The molecule has 5 nitrogen and oxygen atoms in total. The number of rotatable bonds is 3. The van der Waals surface area contributed by atoms with Crippen LogP contribution in [0.15, 0.2) is 12.7 Å². The Morgan fingerprint density at radius 1 is 1.47 bits per heavy atom. The maximum atomic E-state index is 4.29. The highest BCUT2D eigenvalue weighted by atomic mass is 35.5. The topological polar surface area (TPSA) is 46.0 Å². The van der Waals surface area contributed by atoms with E-state index in [1.54, 1.807) is 6.33 Å². The molecule has 1 N–H and O–H groups in total. The molecule has 1 aromatic rings. The molecule has 1 aromatic heterocycles. The molecular weight excluding hydrogens is 262 g/mol. The van der Waals surface area contributed by atoms with Crippen LogP contribution < -0.4 is 5.32 Å². The Labute approximate surface area is 121 Å². The summed E-state index contributed by atoms with van der Waals surface area (Å²) in [4.78, 5) is 6.68. The normalized spacial score (nSPS) is 32.2. The summed E-state index contributed by atoms with van der Waals surface area (Å²) in [5, 5.41) is 7.78. The molecule has 2 atom stereocenters. The van der Waals surface area contributed by atoms with Crippen molar-refractivity contribution in [2.24, 2.45) is 5.41 Å². The summed E-state index contributed by atoms with van der Waals surface area (Å²) < 4.78 is 2.03. The lowest BCUT2D eigenvalue weighted by Crippen LogP contribution is -2.43. The molecule has 0 bridgehead atoms. The average Bonchev–Trinajstić information content (AvgIpc) is 3.01. The first-order valence-electron chi connectivity index (χ1n) is 7.02. The highest BCUT2D eigenvalue weighted by molar-refractivity contribution is 5.85. The predicted molar refractivity (Wildman–Crippen MR) is 77.6 cm³/mol. The smallest absolute Gasteiger partial charge is 0.137 e. The van der Waals surface area contributed by atoms with E-state index in [4.69, 9.17) is 0 Å². The van der Waals surface area contributed by atoms with Gasteiger partial charge in [0.05, 0.1) is 6.04 Å². The molecule has 2 aliphatic heterocycles. The first-order chi connectivity index (χ1) is 8.75. The molecule has 0 saturated carbocycles. The van der Waals surface area contributed by atoms with Gasteiger partial charge in [-0.05, 0) is 37.8 Å². The van der Waals surface area contributed by atoms with Gasteiger partial charge < -0.3 is 10.2 Å². The van der Waals surface area contributed by atoms with Crippen LogP contribution in [0.2, 0.25) is 0 Å². The SMILES string of the molecule is CC1(CN2CCCC(n3cncn3)C2)CCNC1.Cl. The van der Waals surface area contributed by atoms with Crippen molar-refractivity contribution in [1.82, 2.24) is 25.0 Å². The summed E-state index contributed by atoms with van der Waals surface area (Å²) in [6.07, 6.45) is 7.30. The molecular formula is C13H24ClN5. The van der Waals surface area contributed by atoms with Crippen molar-refractivity contribution < 1.29 is 0 Å². The van der Waals surface area contributed by atoms with Crippen molar-refractivity contribution in [1.29, 1.82) is 0 Å². The maximum Gasteiger partial charge on any atom is 0.137 e. The molecule has 3 heterocycles. The molecule has 0 spiro atoms. The van der Waals surface area contributed by atoms with E-state index in [0.717, 1.165) is 13.1 Å². The Morgan fingerprint density at radius 3 is 3.05 bits per heavy atom. The second kappa shape index (κ2) is 6.20. The zero-order valence-electron chi connectivity index (χ0n) is 11.6. The number of halogens is 1. The number of piperidine rings is 1. The minimum Gasteiger partial charge on any atom is -0.316 e. The Bertz CT molecular complexity index is 374. The minimum atomic E-state index is 0. The molecule has 3 rings (SSSR count). The fraction of sp³-hybridized carbons (Fsp3) is 0.846. The minimum absolute atomic E-state index is 0. The van der Waals surface area contributed by atoms with E-state index in [1.165, 1.54) is 38.9 Å². The standard InChI is InChI=1S/C13H23N5.ClH/c1-13(4-5-14-8-13)9-17-6-2-3-12(7-17)18-11-15-10-16-18;/h10-12,14H,2-9H2,1H3;1H. The Balaban J connectivity index is 0.00000133. The summed E-state index contributed by atoms with van der Waals surface area (Å²) >= 11 is 0. The number of likely N-dealkylation sites (tertiary alicyclic amines) is 1. The van der Waals surface area contributed by atoms with Crippen molar-refractivity contribution in [3.05, 3.63) is 12.7 Å². The van der Waals surface area contributed by atoms with Crippen LogP contribution in [-0.4, -0.2) is 52.4 Å². The van der Waals surface area contributed by atoms with Gasteiger partial charge in [-0.1, -0.05) is 6.92 Å². The highest BCUT2D eigenvalue weighted by Crippen LogP contribution is 2.29. The van der Waals surface area contributed by atoms with Crippen molar-refractivity contribution in [3.8, 4) is 0 Å². The van der Waals surface area contributed by atoms with Gasteiger partial charge in [-0.3, -0.25) is 0 Å². The number of nitrogens with zero attached hydrogens (tertiary/aromatic N) is 4. The molecule has 2 aliphatic rings. The largest absolute Gasteiger partial charge is 0.316 e. The fourth-order valence-electron chi connectivity index (χ4n) is 3.34. The van der Waals surface area contributed by atoms with Crippen LogP contribution in [0.1, 0.15) is 32.2 Å². The molecule has 0 aromatic carbocycles. The molecule has 2 unspecified atom stereocenters. The van der Waals surface area contributed by atoms with Crippen LogP contribution in [0.5, 0.6) is 0 Å². The average molecular weight is 286 g/mol. The van der Waals surface area contributed by atoms with Crippen molar-refractivity contribution in [2.45, 2.75) is 32.2 Å². The second-order valence-electron chi connectivity index (χ2n) is 6.14. The summed E-state index contributed by atoms with van der Waals surface area (Å²) in [7, 11) is 0. The Kier molecular flexibility index (Phi) is 4.81. The van der Waals surface area contributed by atoms with Gasteiger partial charge in [0.25, 0.3) is 0 Å². The summed E-state index contributed by atoms with van der Waals surface area (Å²) in [5.74, 6) is 0. The summed E-state index contributed by atoms with van der Waals surface area (Å²) in [5.41, 5.74) is 0.463. The van der Waals surface area contributed by atoms with Crippen LogP contribution in [-0.2, 0) is 0 Å². The van der Waals surface area contributed by atoms with Gasteiger partial charge in [-0.2, -0.15) is 5.10 Å². The van der Waals surface area contributed by atoms with E-state index in [9.17, 15) is 0 Å². The fourth-order valence-corrected chi connectivity index (χ4v) is 3.34. The van der Waals surface area contributed by atoms with Crippen molar-refractivity contribution in [2.75, 3.05) is 32.7 Å². The van der Waals surface area contributed by atoms with Crippen molar-refractivity contribution in [3.63, 3.8) is 0 Å². The van der Waals surface area contributed by atoms with E-state index in [2.05, 4.69) is 27.2 Å². The van der Waals surface area contributed by atoms with Gasteiger partial charge in [-0.15, -0.1) is 12.4 Å². The van der Waals surface area contributed by atoms with E-state index in [1.807, 2.05) is 11.0 Å². The van der Waals surface area contributed by atoms with Gasteiger partial charge in [0.2, 0.25) is 0 Å². The molecule has 2 fully saturated rings. The monoisotopic (exact) mass is 285 g/mol. The summed E-state index contributed by atoms with van der Waals surface area (Å²) in [6, 6.07) is 0.513. The predicted octanol–water partition coefficient (Wildman–Crippen LogP) is 1.34. The second-order valence-corrected chi connectivity index (χ2v) is 6.14. The third-order valence-electron chi connectivity index (χ3n) is 4.35. The zero-order chi connectivity index (χ0) is 12.4. The van der Waals surface area contributed by atoms with E-state index < -0.39 is 0 Å². The van der Waals surface area contributed by atoms with E-state index in [-0.39, 0.29) is 12.4 Å². The van der Waals surface area contributed by atoms with Crippen molar-refractivity contribution >= 4 is 12.4 Å². The van der Waals surface area contributed by atoms with Gasteiger partial charge in [0.1, 0.15) is 12.7 Å². The molecule has 0 aliphatic carbocycles. The first-order valence-corrected chi connectivity index (χ1v) is 7.02. The van der Waals surface area contributed by atoms with Crippen LogP contribution >= 0.6 is 12.4 Å². The quantitative estimate of drug-likeness (QED) is 0.910. The third kappa shape index (κ3) is 3.46. The lowest BCUT2D eigenvalue weighted by atomic mass is 9.88. The van der Waals surface area contributed by atoms with Gasteiger partial charge in [0.15, 0.2) is 0 Å². The van der Waals surface area contributed by atoms with Crippen LogP contribution in [0.4, 0.5) is 0 Å². The van der Waals surface area contributed by atoms with Gasteiger partial charge in [0, 0.05) is 19.6 Å². The molecule has 2 saturated heterocycles. The number of aromatic nitrogens is 3. The van der Waals surface area contributed by atoms with Gasteiger partial charge in [-0.25, -0.2) is 9.67 Å². The number of hydrogen-bond acceptors (Lipinski definition) is 4. The number of hydrogen-bond donors (Lipinski definition) is 1. The Hall–Kier alpha value is -0.650. The highest BCUT2D eigenvalue weighted by Gasteiger charge is 2.32. The van der Waals surface area contributed by atoms with E-state index >= 15 is 0 Å². The first kappa shape index (κ1) is 14.8. The molecule has 0 amide bonds. The third-order valence-corrected chi connectivity index (χ3v) is 4.35. The van der Waals surface area contributed by atoms with Crippen LogP contribution in [0, 0.1) is 5.41 Å². The molecule has 6 heteroatoms. The zero-order valence-corrected chi connectivity index (χ0v) is 12.4. The van der Waals surface area contributed by atoms with Crippen LogP contribution in [0.25, 0.3) is 0 Å².